The lowest BCUT2D eigenvalue weighted by molar-refractivity contribution is 0.603. The summed E-state index contributed by atoms with van der Waals surface area (Å²) in [5.41, 5.74) is 5.50. The SMILES string of the molecule is CCCNCc1cc(C)n(C(C)c2ccccc2)c1C. The molecule has 0 saturated heterocycles. The third-order valence-corrected chi connectivity index (χ3v) is 4.00. The van der Waals surface area contributed by atoms with Gasteiger partial charge in [0, 0.05) is 17.9 Å². The van der Waals surface area contributed by atoms with Gasteiger partial charge in [-0.05, 0) is 50.9 Å². The van der Waals surface area contributed by atoms with E-state index in [0.717, 1.165) is 13.1 Å². The van der Waals surface area contributed by atoms with Crippen molar-refractivity contribution in [3.8, 4) is 0 Å². The molecular weight excluding hydrogens is 244 g/mol. The maximum atomic E-state index is 3.50. The van der Waals surface area contributed by atoms with Crippen LogP contribution in [0.5, 0.6) is 0 Å². The van der Waals surface area contributed by atoms with E-state index in [4.69, 9.17) is 0 Å². The van der Waals surface area contributed by atoms with Gasteiger partial charge in [0.1, 0.15) is 0 Å². The zero-order valence-electron chi connectivity index (χ0n) is 13.1. The summed E-state index contributed by atoms with van der Waals surface area (Å²) < 4.78 is 2.44. The largest absolute Gasteiger partial charge is 0.342 e. The molecule has 0 saturated carbocycles. The summed E-state index contributed by atoms with van der Waals surface area (Å²) in [6.07, 6.45) is 1.18. The molecule has 1 atom stereocenters. The number of hydrogen-bond donors (Lipinski definition) is 1. The van der Waals surface area contributed by atoms with Crippen LogP contribution < -0.4 is 5.32 Å². The number of aryl methyl sites for hydroxylation is 1. The van der Waals surface area contributed by atoms with Crippen molar-refractivity contribution in [2.75, 3.05) is 6.54 Å². The Morgan fingerprint density at radius 3 is 2.50 bits per heavy atom. The molecule has 1 unspecified atom stereocenters. The van der Waals surface area contributed by atoms with Gasteiger partial charge < -0.3 is 9.88 Å². The van der Waals surface area contributed by atoms with Crippen LogP contribution in [0.4, 0.5) is 0 Å². The van der Waals surface area contributed by atoms with Crippen LogP contribution in [-0.2, 0) is 6.54 Å². The van der Waals surface area contributed by atoms with E-state index in [9.17, 15) is 0 Å². The molecule has 1 heterocycles. The number of benzene rings is 1. The van der Waals surface area contributed by atoms with E-state index in [1.54, 1.807) is 0 Å². The Labute approximate surface area is 122 Å². The molecule has 1 aromatic heterocycles. The van der Waals surface area contributed by atoms with Gasteiger partial charge in [-0.1, -0.05) is 37.3 Å². The highest BCUT2D eigenvalue weighted by Gasteiger charge is 2.15. The second-order valence-electron chi connectivity index (χ2n) is 5.53. The maximum Gasteiger partial charge on any atom is 0.0556 e. The summed E-state index contributed by atoms with van der Waals surface area (Å²) in [5.74, 6) is 0. The molecule has 2 rings (SSSR count). The van der Waals surface area contributed by atoms with E-state index in [-0.39, 0.29) is 0 Å². The molecule has 2 heteroatoms. The summed E-state index contributed by atoms with van der Waals surface area (Å²) >= 11 is 0. The average Bonchev–Trinajstić information content (AvgIpc) is 2.74. The van der Waals surface area contributed by atoms with Gasteiger partial charge in [0.15, 0.2) is 0 Å². The van der Waals surface area contributed by atoms with Crippen LogP contribution in [0.2, 0.25) is 0 Å². The van der Waals surface area contributed by atoms with E-state index >= 15 is 0 Å². The second-order valence-corrected chi connectivity index (χ2v) is 5.53. The Kier molecular flexibility index (Phi) is 5.02. The summed E-state index contributed by atoms with van der Waals surface area (Å²) in [7, 11) is 0. The van der Waals surface area contributed by atoms with Crippen LogP contribution in [-0.4, -0.2) is 11.1 Å². The Bertz CT molecular complexity index is 540. The lowest BCUT2D eigenvalue weighted by atomic mass is 10.1. The number of rotatable bonds is 6. The molecule has 0 amide bonds. The third-order valence-electron chi connectivity index (χ3n) is 4.00. The molecule has 20 heavy (non-hydrogen) atoms. The molecular formula is C18H26N2. The smallest absolute Gasteiger partial charge is 0.0556 e. The molecule has 0 aliphatic heterocycles. The Hall–Kier alpha value is -1.54. The molecule has 0 spiro atoms. The van der Waals surface area contributed by atoms with Gasteiger partial charge in [0.05, 0.1) is 6.04 Å². The first-order valence-corrected chi connectivity index (χ1v) is 7.58. The number of hydrogen-bond acceptors (Lipinski definition) is 1. The predicted molar refractivity (Wildman–Crippen MR) is 86.2 cm³/mol. The summed E-state index contributed by atoms with van der Waals surface area (Å²) in [6, 6.07) is 13.4. The van der Waals surface area contributed by atoms with Crippen LogP contribution in [0.25, 0.3) is 0 Å². The van der Waals surface area contributed by atoms with Crippen molar-refractivity contribution in [1.82, 2.24) is 9.88 Å². The maximum absolute atomic E-state index is 3.50. The topological polar surface area (TPSA) is 17.0 Å². The molecule has 0 radical (unpaired) electrons. The molecule has 0 aliphatic rings. The minimum absolute atomic E-state index is 0.385. The fourth-order valence-corrected chi connectivity index (χ4v) is 2.90. The third kappa shape index (κ3) is 3.13. The highest BCUT2D eigenvalue weighted by atomic mass is 15.0. The molecule has 1 aromatic carbocycles. The van der Waals surface area contributed by atoms with Gasteiger partial charge in [0.2, 0.25) is 0 Å². The van der Waals surface area contributed by atoms with Gasteiger partial charge in [-0.25, -0.2) is 0 Å². The molecule has 1 N–H and O–H groups in total. The first-order chi connectivity index (χ1) is 9.65. The molecule has 0 fully saturated rings. The lowest BCUT2D eigenvalue weighted by Gasteiger charge is -2.19. The van der Waals surface area contributed by atoms with Crippen molar-refractivity contribution >= 4 is 0 Å². The van der Waals surface area contributed by atoms with Crippen LogP contribution in [0.15, 0.2) is 36.4 Å². The monoisotopic (exact) mass is 270 g/mol. The molecule has 2 nitrogen and oxygen atoms in total. The molecule has 108 valence electrons. The van der Waals surface area contributed by atoms with Crippen LogP contribution in [0.1, 0.15) is 48.8 Å². The fourth-order valence-electron chi connectivity index (χ4n) is 2.90. The minimum atomic E-state index is 0.385. The summed E-state index contributed by atoms with van der Waals surface area (Å²) in [5, 5.41) is 3.50. The predicted octanol–water partition coefficient (Wildman–Crippen LogP) is 4.21. The fraction of sp³-hybridized carbons (Fsp3) is 0.444. The Morgan fingerprint density at radius 1 is 1.15 bits per heavy atom. The summed E-state index contributed by atoms with van der Waals surface area (Å²) in [6.45, 7) is 11.0. The van der Waals surface area contributed by atoms with Gasteiger partial charge >= 0.3 is 0 Å². The van der Waals surface area contributed by atoms with Crippen molar-refractivity contribution < 1.29 is 0 Å². The number of nitrogens with one attached hydrogen (secondary N) is 1. The lowest BCUT2D eigenvalue weighted by Crippen LogP contribution is -2.15. The summed E-state index contributed by atoms with van der Waals surface area (Å²) in [4.78, 5) is 0. The molecule has 0 aliphatic carbocycles. The Balaban J connectivity index is 2.24. The van der Waals surface area contributed by atoms with E-state index in [1.807, 2.05) is 0 Å². The minimum Gasteiger partial charge on any atom is -0.342 e. The van der Waals surface area contributed by atoms with Gasteiger partial charge in [-0.3, -0.25) is 0 Å². The molecule has 0 bridgehead atoms. The zero-order valence-corrected chi connectivity index (χ0v) is 13.1. The number of nitrogens with zero attached hydrogens (tertiary/aromatic N) is 1. The van der Waals surface area contributed by atoms with Crippen molar-refractivity contribution in [2.24, 2.45) is 0 Å². The van der Waals surface area contributed by atoms with Crippen molar-refractivity contribution in [1.29, 1.82) is 0 Å². The Morgan fingerprint density at radius 2 is 1.85 bits per heavy atom. The first kappa shape index (κ1) is 14.9. The van der Waals surface area contributed by atoms with E-state index in [0.29, 0.717) is 6.04 Å². The normalized spacial score (nSPS) is 12.6. The van der Waals surface area contributed by atoms with E-state index < -0.39 is 0 Å². The van der Waals surface area contributed by atoms with Crippen LogP contribution in [0.3, 0.4) is 0 Å². The van der Waals surface area contributed by atoms with E-state index in [2.05, 4.69) is 74.0 Å². The van der Waals surface area contributed by atoms with Crippen molar-refractivity contribution in [3.63, 3.8) is 0 Å². The van der Waals surface area contributed by atoms with Gasteiger partial charge in [-0.2, -0.15) is 0 Å². The van der Waals surface area contributed by atoms with Gasteiger partial charge in [-0.15, -0.1) is 0 Å². The quantitative estimate of drug-likeness (QED) is 0.778. The van der Waals surface area contributed by atoms with Crippen molar-refractivity contribution in [2.45, 2.75) is 46.7 Å². The standard InChI is InChI=1S/C18H26N2/c1-5-11-19-13-18-12-14(2)20(16(18)4)15(3)17-9-7-6-8-10-17/h6-10,12,15,19H,5,11,13H2,1-4H3. The number of aromatic nitrogens is 1. The van der Waals surface area contributed by atoms with Crippen molar-refractivity contribution in [3.05, 3.63) is 58.9 Å². The van der Waals surface area contributed by atoms with Crippen LogP contribution in [0, 0.1) is 13.8 Å². The average molecular weight is 270 g/mol. The second kappa shape index (κ2) is 6.76. The van der Waals surface area contributed by atoms with E-state index in [1.165, 1.54) is 28.9 Å². The van der Waals surface area contributed by atoms with Gasteiger partial charge in [0.25, 0.3) is 0 Å². The first-order valence-electron chi connectivity index (χ1n) is 7.58. The highest BCUT2D eigenvalue weighted by Crippen LogP contribution is 2.25. The highest BCUT2D eigenvalue weighted by molar-refractivity contribution is 5.30. The zero-order chi connectivity index (χ0) is 14.5. The van der Waals surface area contributed by atoms with Crippen LogP contribution >= 0.6 is 0 Å². The molecule has 2 aromatic rings.